The average Bonchev–Trinajstić information content (AvgIpc) is 3.66. The van der Waals surface area contributed by atoms with Gasteiger partial charge in [-0.1, -0.05) is 146 Å². The Morgan fingerprint density at radius 1 is 0.298 bits per heavy atom. The largest absolute Gasteiger partial charge is 0.309 e. The number of rotatable bonds is 2. The SMILES string of the molecule is c1ccc2c(c1)-c1cccc3c(-c4ccc(-n5c6ccccc6c6c7ccccc7c7c8ccccc8ccc7c65)cc4)ccc-2c13. The van der Waals surface area contributed by atoms with Gasteiger partial charge in [0, 0.05) is 21.8 Å². The van der Waals surface area contributed by atoms with E-state index >= 15 is 0 Å². The van der Waals surface area contributed by atoms with Crippen LogP contribution in [0.1, 0.15) is 0 Å². The van der Waals surface area contributed by atoms with Gasteiger partial charge < -0.3 is 4.57 Å². The molecule has 47 heavy (non-hydrogen) atoms. The molecule has 11 rings (SSSR count). The third-order valence-corrected chi connectivity index (χ3v) is 10.5. The van der Waals surface area contributed by atoms with Gasteiger partial charge in [0.15, 0.2) is 0 Å². The van der Waals surface area contributed by atoms with E-state index in [0.29, 0.717) is 0 Å². The minimum absolute atomic E-state index is 1.17. The van der Waals surface area contributed by atoms with Crippen LogP contribution in [0.3, 0.4) is 0 Å². The molecule has 0 radical (unpaired) electrons. The second-order valence-electron chi connectivity index (χ2n) is 12.8. The van der Waals surface area contributed by atoms with Crippen LogP contribution in [0.4, 0.5) is 0 Å². The Morgan fingerprint density at radius 2 is 0.894 bits per heavy atom. The molecule has 1 nitrogen and oxygen atoms in total. The van der Waals surface area contributed by atoms with Gasteiger partial charge in [-0.2, -0.15) is 0 Å². The molecule has 0 bridgehead atoms. The minimum atomic E-state index is 1.17. The van der Waals surface area contributed by atoms with Gasteiger partial charge in [-0.25, -0.2) is 0 Å². The molecule has 1 aromatic heterocycles. The summed E-state index contributed by atoms with van der Waals surface area (Å²) in [5.41, 5.74) is 11.5. The Hall–Kier alpha value is -6.18. The van der Waals surface area contributed by atoms with Crippen molar-refractivity contribution in [3.05, 3.63) is 164 Å². The predicted molar refractivity (Wildman–Crippen MR) is 201 cm³/mol. The van der Waals surface area contributed by atoms with Crippen molar-refractivity contribution in [2.75, 3.05) is 0 Å². The highest BCUT2D eigenvalue weighted by Crippen LogP contribution is 2.49. The molecule has 10 aromatic rings. The molecular weight excluding hydrogens is 567 g/mol. The van der Waals surface area contributed by atoms with Crippen LogP contribution in [0, 0.1) is 0 Å². The molecule has 1 aliphatic carbocycles. The summed E-state index contributed by atoms with van der Waals surface area (Å²) in [7, 11) is 0. The summed E-state index contributed by atoms with van der Waals surface area (Å²) in [6, 6.07) is 60.6. The number of nitrogens with zero attached hydrogens (tertiary/aromatic N) is 1. The Labute approximate surface area is 271 Å². The van der Waals surface area contributed by atoms with Crippen molar-refractivity contribution in [3.63, 3.8) is 0 Å². The molecule has 1 heterocycles. The van der Waals surface area contributed by atoms with E-state index in [9.17, 15) is 0 Å². The molecule has 0 N–H and O–H groups in total. The first-order valence-corrected chi connectivity index (χ1v) is 16.4. The summed E-state index contributed by atoms with van der Waals surface area (Å²) in [6.45, 7) is 0. The molecule has 0 aliphatic heterocycles. The van der Waals surface area contributed by atoms with Crippen molar-refractivity contribution < 1.29 is 0 Å². The lowest BCUT2D eigenvalue weighted by Crippen LogP contribution is -1.95. The zero-order chi connectivity index (χ0) is 30.6. The van der Waals surface area contributed by atoms with Gasteiger partial charge in [0.25, 0.3) is 0 Å². The Kier molecular flexibility index (Phi) is 4.90. The van der Waals surface area contributed by atoms with E-state index in [0.717, 1.165) is 0 Å². The highest BCUT2D eigenvalue weighted by Gasteiger charge is 2.23. The number of hydrogen-bond donors (Lipinski definition) is 0. The maximum atomic E-state index is 2.49. The van der Waals surface area contributed by atoms with Crippen molar-refractivity contribution >= 4 is 64.9 Å². The predicted octanol–water partition coefficient (Wildman–Crippen LogP) is 12.7. The molecule has 0 spiro atoms. The summed E-state index contributed by atoms with van der Waals surface area (Å²) in [5.74, 6) is 0. The lowest BCUT2D eigenvalue weighted by molar-refractivity contribution is 1.19. The van der Waals surface area contributed by atoms with Crippen LogP contribution in [0.2, 0.25) is 0 Å². The Morgan fingerprint density at radius 3 is 1.70 bits per heavy atom. The fraction of sp³-hybridized carbons (Fsp3) is 0. The highest BCUT2D eigenvalue weighted by atomic mass is 15.0. The van der Waals surface area contributed by atoms with Gasteiger partial charge in [-0.3, -0.25) is 0 Å². The number of hydrogen-bond acceptors (Lipinski definition) is 0. The van der Waals surface area contributed by atoms with Crippen LogP contribution in [-0.2, 0) is 0 Å². The summed E-state index contributed by atoms with van der Waals surface area (Å²) >= 11 is 0. The molecule has 0 saturated carbocycles. The first kappa shape index (κ1) is 25.1. The zero-order valence-electron chi connectivity index (χ0n) is 25.5. The summed E-state index contributed by atoms with van der Waals surface area (Å²) in [6.07, 6.45) is 0. The van der Waals surface area contributed by atoms with E-state index in [2.05, 4.69) is 168 Å². The molecule has 0 saturated heterocycles. The molecule has 216 valence electrons. The van der Waals surface area contributed by atoms with E-state index in [1.807, 2.05) is 0 Å². The van der Waals surface area contributed by atoms with Gasteiger partial charge in [0.05, 0.1) is 11.0 Å². The Bertz CT molecular complexity index is 2910. The van der Waals surface area contributed by atoms with Gasteiger partial charge >= 0.3 is 0 Å². The van der Waals surface area contributed by atoms with Crippen molar-refractivity contribution in [2.45, 2.75) is 0 Å². The van der Waals surface area contributed by atoms with Crippen molar-refractivity contribution in [3.8, 4) is 39.1 Å². The first-order chi connectivity index (χ1) is 23.3. The average molecular weight is 594 g/mol. The summed E-state index contributed by atoms with van der Waals surface area (Å²) in [4.78, 5) is 0. The topological polar surface area (TPSA) is 4.93 Å². The lowest BCUT2D eigenvalue weighted by atomic mass is 9.93. The van der Waals surface area contributed by atoms with Gasteiger partial charge in [-0.05, 0) is 89.3 Å². The van der Waals surface area contributed by atoms with E-state index < -0.39 is 0 Å². The third-order valence-electron chi connectivity index (χ3n) is 10.5. The van der Waals surface area contributed by atoms with Crippen LogP contribution in [0.15, 0.2) is 164 Å². The maximum absolute atomic E-state index is 2.49. The molecule has 1 heteroatoms. The van der Waals surface area contributed by atoms with Crippen molar-refractivity contribution in [2.24, 2.45) is 0 Å². The quantitative estimate of drug-likeness (QED) is 0.176. The second-order valence-corrected chi connectivity index (χ2v) is 12.8. The number of benzene rings is 9. The maximum Gasteiger partial charge on any atom is 0.0626 e. The van der Waals surface area contributed by atoms with Crippen LogP contribution >= 0.6 is 0 Å². The van der Waals surface area contributed by atoms with Gasteiger partial charge in [0.1, 0.15) is 0 Å². The molecule has 1 aliphatic rings. The molecule has 0 fully saturated rings. The van der Waals surface area contributed by atoms with Crippen LogP contribution in [0.25, 0.3) is 104 Å². The van der Waals surface area contributed by atoms with E-state index in [1.54, 1.807) is 0 Å². The van der Waals surface area contributed by atoms with Crippen LogP contribution in [0.5, 0.6) is 0 Å². The zero-order valence-corrected chi connectivity index (χ0v) is 25.5. The second kappa shape index (κ2) is 9.19. The van der Waals surface area contributed by atoms with Gasteiger partial charge in [-0.15, -0.1) is 0 Å². The molecule has 0 unspecified atom stereocenters. The minimum Gasteiger partial charge on any atom is -0.309 e. The first-order valence-electron chi connectivity index (χ1n) is 16.4. The molecular formula is C46H27N. The van der Waals surface area contributed by atoms with E-state index in [1.165, 1.54) is 104 Å². The molecule has 0 atom stereocenters. The van der Waals surface area contributed by atoms with Crippen LogP contribution in [-0.4, -0.2) is 4.57 Å². The fourth-order valence-electron chi connectivity index (χ4n) is 8.56. The summed E-state index contributed by atoms with van der Waals surface area (Å²) < 4.78 is 2.49. The lowest BCUT2D eigenvalue weighted by Gasteiger charge is -2.15. The summed E-state index contributed by atoms with van der Waals surface area (Å²) in [5, 5.41) is 13.0. The fourth-order valence-corrected chi connectivity index (χ4v) is 8.56. The highest BCUT2D eigenvalue weighted by molar-refractivity contribution is 6.36. The smallest absolute Gasteiger partial charge is 0.0626 e. The van der Waals surface area contributed by atoms with E-state index in [-0.39, 0.29) is 0 Å². The standard InChI is InChI=1S/C46H27N/c1-2-11-32-28(10-1)22-25-41-43(32)37-14-5-6-15-38(37)45-40-16-7-8-19-42(40)47(46(41)45)30-23-20-29(21-24-30)31-26-27-39-34-13-4-3-12-33(34)36-18-9-17-35(31)44(36)39/h1-27H. The Balaban J connectivity index is 1.18. The number of aromatic nitrogens is 1. The van der Waals surface area contributed by atoms with Crippen molar-refractivity contribution in [1.29, 1.82) is 0 Å². The number of fused-ring (bicyclic) bond motifs is 13. The molecule has 0 amide bonds. The monoisotopic (exact) mass is 593 g/mol. The number of para-hydroxylation sites is 1. The molecule has 9 aromatic carbocycles. The van der Waals surface area contributed by atoms with Crippen molar-refractivity contribution in [1.82, 2.24) is 4.57 Å². The van der Waals surface area contributed by atoms with Crippen LogP contribution < -0.4 is 0 Å². The normalized spacial score (nSPS) is 12.3. The van der Waals surface area contributed by atoms with E-state index in [4.69, 9.17) is 0 Å². The third kappa shape index (κ3) is 3.28. The van der Waals surface area contributed by atoms with Gasteiger partial charge in [0.2, 0.25) is 0 Å².